The molecular weight excluding hydrogens is 172 g/mol. The van der Waals surface area contributed by atoms with E-state index in [4.69, 9.17) is 5.73 Å². The number of hydrogen-bond acceptors (Lipinski definition) is 4. The Bertz CT molecular complexity index is 255. The molecule has 0 aliphatic heterocycles. The molecule has 2 N–H and O–H groups in total. The van der Waals surface area contributed by atoms with Gasteiger partial charge in [-0.1, -0.05) is 0 Å². The molecule has 0 saturated carbocycles. The fourth-order valence-electron chi connectivity index (χ4n) is 0.601. The highest BCUT2D eigenvalue weighted by Crippen LogP contribution is 2.22. The van der Waals surface area contributed by atoms with Gasteiger partial charge in [-0.05, 0) is 6.26 Å². The highest BCUT2D eigenvalue weighted by Gasteiger charge is 2.10. The Labute approximate surface area is 66.0 Å². The molecular formula is C5H5F2N3S. The summed E-state index contributed by atoms with van der Waals surface area (Å²) in [6.45, 7) is 0. The van der Waals surface area contributed by atoms with Gasteiger partial charge in [-0.25, -0.2) is 0 Å². The van der Waals surface area contributed by atoms with Crippen molar-refractivity contribution in [3.8, 4) is 0 Å². The molecule has 0 atom stereocenters. The first kappa shape index (κ1) is 8.19. The van der Waals surface area contributed by atoms with Crippen molar-refractivity contribution in [1.29, 1.82) is 0 Å². The smallest absolute Gasteiger partial charge is 0.313 e. The summed E-state index contributed by atoms with van der Waals surface area (Å²) in [6.07, 6.45) is 0.466. The van der Waals surface area contributed by atoms with E-state index in [1.54, 1.807) is 6.26 Å². The van der Waals surface area contributed by atoms with Crippen LogP contribution >= 0.6 is 11.8 Å². The topological polar surface area (TPSA) is 51.8 Å². The van der Waals surface area contributed by atoms with Gasteiger partial charge in [0, 0.05) is 0 Å². The SMILES string of the molecule is CSc1c(N)nc(F)nc1F. The van der Waals surface area contributed by atoms with Gasteiger partial charge in [-0.2, -0.15) is 18.7 Å². The molecule has 1 heterocycles. The molecule has 0 aliphatic carbocycles. The number of nitrogens with zero attached hydrogens (tertiary/aromatic N) is 2. The predicted molar refractivity (Wildman–Crippen MR) is 38.1 cm³/mol. The number of nitrogen functional groups attached to an aromatic ring is 1. The summed E-state index contributed by atoms with van der Waals surface area (Å²) in [7, 11) is 0. The van der Waals surface area contributed by atoms with Gasteiger partial charge in [0.05, 0.1) is 0 Å². The van der Waals surface area contributed by atoms with Crippen LogP contribution in [0, 0.1) is 12.0 Å². The van der Waals surface area contributed by atoms with Crippen molar-refractivity contribution in [1.82, 2.24) is 9.97 Å². The van der Waals surface area contributed by atoms with Crippen molar-refractivity contribution in [2.24, 2.45) is 0 Å². The molecule has 0 bridgehead atoms. The summed E-state index contributed by atoms with van der Waals surface area (Å²) in [5, 5.41) is 0. The number of rotatable bonds is 1. The van der Waals surface area contributed by atoms with Gasteiger partial charge in [0.15, 0.2) is 0 Å². The van der Waals surface area contributed by atoms with Crippen LogP contribution in [0.15, 0.2) is 4.90 Å². The average molecular weight is 177 g/mol. The van der Waals surface area contributed by atoms with Crippen LogP contribution in [0.2, 0.25) is 0 Å². The van der Waals surface area contributed by atoms with E-state index < -0.39 is 12.0 Å². The largest absolute Gasteiger partial charge is 0.382 e. The van der Waals surface area contributed by atoms with E-state index in [9.17, 15) is 8.78 Å². The van der Waals surface area contributed by atoms with E-state index in [2.05, 4.69) is 9.97 Å². The van der Waals surface area contributed by atoms with E-state index >= 15 is 0 Å². The second-order valence-corrected chi connectivity index (χ2v) is 2.52. The summed E-state index contributed by atoms with van der Waals surface area (Å²) in [5.41, 5.74) is 5.18. The van der Waals surface area contributed by atoms with Gasteiger partial charge in [0.2, 0.25) is 5.95 Å². The third-order valence-corrected chi connectivity index (χ3v) is 1.81. The van der Waals surface area contributed by atoms with Gasteiger partial charge in [-0.15, -0.1) is 11.8 Å². The Balaban J connectivity index is 3.25. The molecule has 6 heteroatoms. The van der Waals surface area contributed by atoms with Crippen molar-refractivity contribution in [3.05, 3.63) is 12.0 Å². The third-order valence-electron chi connectivity index (χ3n) is 1.03. The van der Waals surface area contributed by atoms with Crippen LogP contribution in [0.25, 0.3) is 0 Å². The molecule has 0 spiro atoms. The maximum Gasteiger partial charge on any atom is 0.313 e. The van der Waals surface area contributed by atoms with Gasteiger partial charge >= 0.3 is 6.08 Å². The molecule has 0 amide bonds. The predicted octanol–water partition coefficient (Wildman–Crippen LogP) is 1.06. The molecule has 60 valence electrons. The lowest BCUT2D eigenvalue weighted by Gasteiger charge is -2.00. The van der Waals surface area contributed by atoms with Crippen molar-refractivity contribution in [2.75, 3.05) is 12.0 Å². The monoisotopic (exact) mass is 177 g/mol. The van der Waals surface area contributed by atoms with Crippen molar-refractivity contribution < 1.29 is 8.78 Å². The van der Waals surface area contributed by atoms with Crippen molar-refractivity contribution in [3.63, 3.8) is 0 Å². The van der Waals surface area contributed by atoms with Gasteiger partial charge < -0.3 is 5.73 Å². The van der Waals surface area contributed by atoms with E-state index in [1.807, 2.05) is 0 Å². The van der Waals surface area contributed by atoms with E-state index in [0.29, 0.717) is 0 Å². The fraction of sp³-hybridized carbons (Fsp3) is 0.200. The Hall–Kier alpha value is -0.910. The Morgan fingerprint density at radius 1 is 1.36 bits per heavy atom. The number of hydrogen-bond donors (Lipinski definition) is 1. The van der Waals surface area contributed by atoms with Crippen LogP contribution in [-0.4, -0.2) is 16.2 Å². The number of nitrogens with two attached hydrogens (primary N) is 1. The Kier molecular flexibility index (Phi) is 2.23. The second kappa shape index (κ2) is 3.00. The van der Waals surface area contributed by atoms with Crippen molar-refractivity contribution in [2.45, 2.75) is 4.90 Å². The van der Waals surface area contributed by atoms with Crippen LogP contribution in [0.1, 0.15) is 0 Å². The summed E-state index contributed by atoms with van der Waals surface area (Å²) in [5.74, 6) is -1.08. The molecule has 0 aromatic carbocycles. The lowest BCUT2D eigenvalue weighted by molar-refractivity contribution is 0.469. The molecule has 1 aromatic rings. The van der Waals surface area contributed by atoms with E-state index in [-0.39, 0.29) is 10.7 Å². The number of anilines is 1. The van der Waals surface area contributed by atoms with Gasteiger partial charge in [0.25, 0.3) is 0 Å². The van der Waals surface area contributed by atoms with Crippen LogP contribution < -0.4 is 5.73 Å². The molecule has 1 rings (SSSR count). The molecule has 11 heavy (non-hydrogen) atoms. The highest BCUT2D eigenvalue weighted by atomic mass is 32.2. The highest BCUT2D eigenvalue weighted by molar-refractivity contribution is 7.98. The van der Waals surface area contributed by atoms with Gasteiger partial charge in [-0.3, -0.25) is 0 Å². The maximum absolute atomic E-state index is 12.6. The molecule has 0 saturated heterocycles. The average Bonchev–Trinajstić information content (AvgIpc) is 1.85. The quantitative estimate of drug-likeness (QED) is 0.396. The summed E-state index contributed by atoms with van der Waals surface area (Å²) in [6, 6.07) is 0. The summed E-state index contributed by atoms with van der Waals surface area (Å²) >= 11 is 1.04. The maximum atomic E-state index is 12.6. The van der Waals surface area contributed by atoms with Crippen LogP contribution in [0.4, 0.5) is 14.6 Å². The minimum Gasteiger partial charge on any atom is -0.382 e. The zero-order valence-electron chi connectivity index (χ0n) is 5.64. The molecule has 0 aliphatic rings. The first-order valence-corrected chi connectivity index (χ1v) is 3.90. The molecule has 0 fully saturated rings. The Morgan fingerprint density at radius 3 is 2.45 bits per heavy atom. The summed E-state index contributed by atoms with van der Waals surface area (Å²) < 4.78 is 24.8. The molecule has 0 radical (unpaired) electrons. The number of aromatic nitrogens is 2. The number of halogens is 2. The van der Waals surface area contributed by atoms with Crippen LogP contribution in [0.3, 0.4) is 0 Å². The van der Waals surface area contributed by atoms with Crippen molar-refractivity contribution >= 4 is 17.6 Å². The van der Waals surface area contributed by atoms with Gasteiger partial charge in [0.1, 0.15) is 10.7 Å². The second-order valence-electron chi connectivity index (χ2n) is 1.70. The Morgan fingerprint density at radius 2 is 2.00 bits per heavy atom. The van der Waals surface area contributed by atoms with Crippen LogP contribution in [-0.2, 0) is 0 Å². The zero-order chi connectivity index (χ0) is 8.43. The molecule has 1 aromatic heterocycles. The molecule has 3 nitrogen and oxygen atoms in total. The summed E-state index contributed by atoms with van der Waals surface area (Å²) in [4.78, 5) is 6.08. The van der Waals surface area contributed by atoms with E-state index in [1.165, 1.54) is 0 Å². The normalized spacial score (nSPS) is 10.1. The lowest BCUT2D eigenvalue weighted by Crippen LogP contribution is -2.02. The van der Waals surface area contributed by atoms with Crippen LogP contribution in [0.5, 0.6) is 0 Å². The zero-order valence-corrected chi connectivity index (χ0v) is 6.45. The molecule has 0 unspecified atom stereocenters. The minimum atomic E-state index is -1.14. The first-order valence-electron chi connectivity index (χ1n) is 2.67. The standard InChI is InChI=1S/C5H5F2N3S/c1-11-2-3(6)9-5(7)10-4(2)8/h1H3,(H2,8,9,10). The fourth-order valence-corrected chi connectivity index (χ4v) is 1.07. The first-order chi connectivity index (χ1) is 5.15. The van der Waals surface area contributed by atoms with E-state index in [0.717, 1.165) is 11.8 Å². The number of thioether (sulfide) groups is 1. The lowest BCUT2D eigenvalue weighted by atomic mass is 10.6. The third kappa shape index (κ3) is 1.56. The minimum absolute atomic E-state index is 0.0754.